The van der Waals surface area contributed by atoms with Crippen LogP contribution >= 0.6 is 0 Å². The highest BCUT2D eigenvalue weighted by atomic mass is 16.2. The number of benzene rings is 1. The summed E-state index contributed by atoms with van der Waals surface area (Å²) in [7, 11) is 0. The number of hydrogen-bond donors (Lipinski definition) is 3. The quantitative estimate of drug-likeness (QED) is 0.682. The second-order valence-corrected chi connectivity index (χ2v) is 7.04. The number of rotatable bonds is 5. The third-order valence-electron chi connectivity index (χ3n) is 4.30. The van der Waals surface area contributed by atoms with Crippen LogP contribution in [0.2, 0.25) is 0 Å². The van der Waals surface area contributed by atoms with Gasteiger partial charge in [0.2, 0.25) is 0 Å². The molecule has 2 amide bonds. The largest absolute Gasteiger partial charge is 0.452 e. The molecule has 0 saturated carbocycles. The van der Waals surface area contributed by atoms with Gasteiger partial charge in [-0.15, -0.1) is 0 Å². The van der Waals surface area contributed by atoms with Gasteiger partial charge in [0.05, 0.1) is 6.21 Å². The normalized spacial score (nSPS) is 18.0. The van der Waals surface area contributed by atoms with Crippen LogP contribution in [0.3, 0.4) is 0 Å². The lowest BCUT2D eigenvalue weighted by Gasteiger charge is -2.23. The van der Waals surface area contributed by atoms with Gasteiger partial charge in [-0.3, -0.25) is 19.7 Å². The molecule has 146 valence electrons. The number of aromatic nitrogens is 2. The highest BCUT2D eigenvalue weighted by Gasteiger charge is 2.39. The fourth-order valence-corrected chi connectivity index (χ4v) is 2.97. The Labute approximate surface area is 161 Å². The number of hydrogen-bond acceptors (Lipinski definition) is 5. The van der Waals surface area contributed by atoms with E-state index in [-0.39, 0.29) is 30.5 Å². The second-order valence-electron chi connectivity index (χ2n) is 7.04. The molecule has 1 aliphatic heterocycles. The van der Waals surface area contributed by atoms with Crippen LogP contribution < -0.4 is 22.3 Å². The number of aromatic amines is 1. The van der Waals surface area contributed by atoms with Crippen molar-refractivity contribution in [2.75, 3.05) is 11.1 Å². The topological polar surface area (TPSA) is 122 Å². The van der Waals surface area contributed by atoms with Gasteiger partial charge in [0.1, 0.15) is 18.6 Å². The van der Waals surface area contributed by atoms with Gasteiger partial charge in [-0.05, 0) is 5.92 Å². The molecular formula is C19H23N6O3+. The maximum Gasteiger partial charge on any atom is 0.452 e. The molecule has 2 aromatic rings. The summed E-state index contributed by atoms with van der Waals surface area (Å²) in [5.74, 6) is -0.123. The average molecular weight is 383 g/mol. The molecule has 1 aromatic carbocycles. The van der Waals surface area contributed by atoms with E-state index in [4.69, 9.17) is 5.73 Å². The van der Waals surface area contributed by atoms with Crippen LogP contribution in [0.4, 0.5) is 16.3 Å². The Kier molecular flexibility index (Phi) is 5.27. The minimum atomic E-state index is -0.645. The molecule has 0 spiro atoms. The highest BCUT2D eigenvalue weighted by molar-refractivity contribution is 5.88. The summed E-state index contributed by atoms with van der Waals surface area (Å²) in [4.78, 5) is 40.3. The number of carbonyl (C=O) groups excluding carboxylic acids is 1. The molecule has 0 radical (unpaired) electrons. The van der Waals surface area contributed by atoms with Crippen molar-refractivity contribution in [3.05, 3.63) is 69.0 Å². The first-order valence-electron chi connectivity index (χ1n) is 8.91. The van der Waals surface area contributed by atoms with E-state index in [0.717, 1.165) is 10.1 Å². The van der Waals surface area contributed by atoms with Crippen LogP contribution in [-0.2, 0) is 13.1 Å². The lowest BCUT2D eigenvalue weighted by Crippen LogP contribution is -2.47. The van der Waals surface area contributed by atoms with Gasteiger partial charge in [-0.2, -0.15) is 0 Å². The SMILES string of the molecule is CC(C)Cn1c(=O)[nH]c(N)c(NC(=O)[N+]2(Cc3ccccc3)C=CC=N2)c1=O. The monoisotopic (exact) mass is 383 g/mol. The molecule has 1 atom stereocenters. The van der Waals surface area contributed by atoms with Crippen molar-refractivity contribution < 1.29 is 9.39 Å². The first-order chi connectivity index (χ1) is 13.3. The van der Waals surface area contributed by atoms with Gasteiger partial charge in [0.25, 0.3) is 5.56 Å². The molecule has 4 N–H and O–H groups in total. The molecule has 9 nitrogen and oxygen atoms in total. The smallest absolute Gasteiger partial charge is 0.383 e. The molecule has 3 rings (SSSR count). The molecule has 0 aliphatic carbocycles. The lowest BCUT2D eigenvalue weighted by molar-refractivity contribution is -0.813. The fourth-order valence-electron chi connectivity index (χ4n) is 2.97. The Balaban J connectivity index is 1.95. The summed E-state index contributed by atoms with van der Waals surface area (Å²) in [6.07, 6.45) is 4.81. The highest BCUT2D eigenvalue weighted by Crippen LogP contribution is 2.22. The summed E-state index contributed by atoms with van der Waals surface area (Å²) in [5, 5.41) is 6.84. The molecule has 1 aliphatic rings. The number of carbonyl (C=O) groups is 1. The summed E-state index contributed by atoms with van der Waals surface area (Å²) in [6, 6.07) is 8.85. The number of nitrogens with one attached hydrogen (secondary N) is 2. The average Bonchev–Trinajstić information content (AvgIpc) is 3.12. The molecule has 0 fully saturated rings. The standard InChI is InChI=1S/C19H22N6O3/c1-13(2)11-24-17(26)15(16(20)23-18(24)27)22-19(28)25(10-6-9-21-25)12-14-7-4-3-5-8-14/h3-10,13H,11-12H2,1-2H3,(H3-,20,22,23,26,27,28)/p+1. The van der Waals surface area contributed by atoms with E-state index in [1.165, 1.54) is 6.21 Å². The lowest BCUT2D eigenvalue weighted by atomic mass is 10.2. The first kappa shape index (κ1) is 19.3. The Morgan fingerprint density at radius 2 is 2.00 bits per heavy atom. The molecule has 0 saturated heterocycles. The molecule has 0 bridgehead atoms. The Bertz CT molecular complexity index is 1040. The van der Waals surface area contributed by atoms with E-state index in [2.05, 4.69) is 15.4 Å². The van der Waals surface area contributed by atoms with Crippen LogP contribution in [0.1, 0.15) is 19.4 Å². The van der Waals surface area contributed by atoms with Gasteiger partial charge in [0.15, 0.2) is 5.69 Å². The number of quaternary nitrogens is 1. The molecule has 2 heterocycles. The molecule has 1 unspecified atom stereocenters. The zero-order chi connectivity index (χ0) is 20.3. The summed E-state index contributed by atoms with van der Waals surface area (Å²) in [5.41, 5.74) is 5.30. The van der Waals surface area contributed by atoms with Crippen molar-refractivity contribution in [3.63, 3.8) is 0 Å². The Morgan fingerprint density at radius 1 is 1.29 bits per heavy atom. The maximum absolute atomic E-state index is 13.1. The Hall–Kier alpha value is -3.46. The van der Waals surface area contributed by atoms with Crippen molar-refractivity contribution in [1.82, 2.24) is 9.55 Å². The van der Waals surface area contributed by atoms with Crippen LogP contribution in [0, 0.1) is 5.92 Å². The van der Waals surface area contributed by atoms with Crippen molar-refractivity contribution in [2.45, 2.75) is 26.9 Å². The fraction of sp³-hybridized carbons (Fsp3) is 0.263. The van der Waals surface area contributed by atoms with Gasteiger partial charge < -0.3 is 5.73 Å². The van der Waals surface area contributed by atoms with Gasteiger partial charge in [-0.25, -0.2) is 9.59 Å². The van der Waals surface area contributed by atoms with Crippen LogP contribution in [0.15, 0.2) is 57.3 Å². The van der Waals surface area contributed by atoms with Crippen LogP contribution in [0.25, 0.3) is 0 Å². The van der Waals surface area contributed by atoms with Crippen molar-refractivity contribution >= 4 is 23.8 Å². The molecule has 9 heteroatoms. The molecular weight excluding hydrogens is 360 g/mol. The van der Waals surface area contributed by atoms with E-state index in [9.17, 15) is 14.4 Å². The summed E-state index contributed by atoms with van der Waals surface area (Å²) in [6.45, 7) is 4.23. The van der Waals surface area contributed by atoms with Crippen LogP contribution in [0.5, 0.6) is 0 Å². The molecule has 28 heavy (non-hydrogen) atoms. The third-order valence-corrected chi connectivity index (χ3v) is 4.30. The minimum Gasteiger partial charge on any atom is -0.383 e. The number of H-pyrrole nitrogens is 1. The minimum absolute atomic E-state index is 0.0635. The summed E-state index contributed by atoms with van der Waals surface area (Å²) >= 11 is 0. The maximum atomic E-state index is 13.1. The Morgan fingerprint density at radius 3 is 2.61 bits per heavy atom. The van der Waals surface area contributed by atoms with Gasteiger partial charge in [0, 0.05) is 18.2 Å². The van der Waals surface area contributed by atoms with Crippen molar-refractivity contribution in [1.29, 1.82) is 0 Å². The van der Waals surface area contributed by atoms with E-state index in [0.29, 0.717) is 0 Å². The molecule has 1 aromatic heterocycles. The van der Waals surface area contributed by atoms with Gasteiger partial charge >= 0.3 is 11.7 Å². The number of anilines is 2. The van der Waals surface area contributed by atoms with E-state index >= 15 is 0 Å². The number of allylic oxidation sites excluding steroid dienone is 1. The van der Waals surface area contributed by atoms with Crippen LogP contribution in [-0.4, -0.2) is 26.4 Å². The third kappa shape index (κ3) is 3.79. The van der Waals surface area contributed by atoms with Gasteiger partial charge in [-0.1, -0.05) is 53.9 Å². The van der Waals surface area contributed by atoms with Crippen molar-refractivity contribution in [3.8, 4) is 0 Å². The number of nitrogen functional groups attached to an aromatic ring is 1. The number of amides is 2. The first-order valence-corrected chi connectivity index (χ1v) is 8.91. The second kappa shape index (κ2) is 7.65. The predicted molar refractivity (Wildman–Crippen MR) is 108 cm³/mol. The zero-order valence-corrected chi connectivity index (χ0v) is 15.8. The predicted octanol–water partition coefficient (Wildman–Crippen LogP) is 1.84. The zero-order valence-electron chi connectivity index (χ0n) is 15.8. The van der Waals surface area contributed by atoms with E-state index < -0.39 is 21.9 Å². The van der Waals surface area contributed by atoms with E-state index in [1.54, 1.807) is 12.3 Å². The number of urea groups is 1. The summed E-state index contributed by atoms with van der Waals surface area (Å²) < 4.78 is 0.632. The number of nitrogens with zero attached hydrogens (tertiary/aromatic N) is 3. The van der Waals surface area contributed by atoms with Crippen molar-refractivity contribution in [2.24, 2.45) is 11.0 Å². The number of nitrogens with two attached hydrogens (primary N) is 1. The van der Waals surface area contributed by atoms with E-state index in [1.807, 2.05) is 44.2 Å².